The van der Waals surface area contributed by atoms with Gasteiger partial charge in [-0.3, -0.25) is 4.79 Å². The zero-order chi connectivity index (χ0) is 14.5. The van der Waals surface area contributed by atoms with E-state index in [-0.39, 0.29) is 5.91 Å². The topological polar surface area (TPSA) is 55.1 Å². The largest absolute Gasteiger partial charge is 0.397 e. The minimum absolute atomic E-state index is 0.0437. The molecule has 20 heavy (non-hydrogen) atoms. The number of unbranched alkanes of at least 4 members (excludes halogenated alkanes) is 3. The molecular formula is C16H22N2OS. The van der Waals surface area contributed by atoms with Gasteiger partial charge in [0.2, 0.25) is 0 Å². The molecule has 1 aromatic carbocycles. The van der Waals surface area contributed by atoms with E-state index in [0.29, 0.717) is 10.6 Å². The first-order chi connectivity index (χ1) is 9.63. The van der Waals surface area contributed by atoms with Crippen LogP contribution in [-0.2, 0) is 0 Å². The summed E-state index contributed by atoms with van der Waals surface area (Å²) in [6.07, 6.45) is 4.62. The molecule has 0 aliphatic heterocycles. The zero-order valence-electron chi connectivity index (χ0n) is 12.2. The molecule has 0 aliphatic carbocycles. The number of hydrogen-bond acceptors (Lipinski definition) is 3. The minimum atomic E-state index is -0.0437. The molecule has 0 atom stereocenters. The predicted octanol–water partition coefficient (Wildman–Crippen LogP) is 4.10. The Labute approximate surface area is 124 Å². The van der Waals surface area contributed by atoms with E-state index >= 15 is 0 Å². The van der Waals surface area contributed by atoms with Crippen molar-refractivity contribution in [3.63, 3.8) is 0 Å². The summed E-state index contributed by atoms with van der Waals surface area (Å²) in [6, 6.07) is 6.10. The number of thiophene rings is 1. The van der Waals surface area contributed by atoms with Gasteiger partial charge in [-0.1, -0.05) is 38.3 Å². The van der Waals surface area contributed by atoms with E-state index in [1.807, 2.05) is 19.1 Å². The second kappa shape index (κ2) is 6.75. The molecule has 0 saturated carbocycles. The number of nitrogens with one attached hydrogen (secondary N) is 1. The van der Waals surface area contributed by atoms with Crippen molar-refractivity contribution in [1.82, 2.24) is 5.32 Å². The first kappa shape index (κ1) is 14.9. The maximum Gasteiger partial charge on any atom is 0.263 e. The predicted molar refractivity (Wildman–Crippen MR) is 87.4 cm³/mol. The minimum Gasteiger partial charge on any atom is -0.397 e. The van der Waals surface area contributed by atoms with Crippen molar-refractivity contribution in [2.45, 2.75) is 39.5 Å². The highest BCUT2D eigenvalue weighted by Crippen LogP contribution is 2.34. The average molecular weight is 290 g/mol. The monoisotopic (exact) mass is 290 g/mol. The molecule has 3 N–H and O–H groups in total. The van der Waals surface area contributed by atoms with Gasteiger partial charge < -0.3 is 11.1 Å². The lowest BCUT2D eigenvalue weighted by Crippen LogP contribution is -2.24. The smallest absolute Gasteiger partial charge is 0.263 e. The molecule has 2 rings (SSSR count). The standard InChI is InChI=1S/C16H22N2OS/c1-3-4-5-6-9-18-16(19)15-14(17)12-8-7-11(2)10-13(12)20-15/h7-8,10H,3-6,9,17H2,1-2H3,(H,18,19). The lowest BCUT2D eigenvalue weighted by Gasteiger charge is -2.03. The Bertz CT molecular complexity index is 604. The van der Waals surface area contributed by atoms with E-state index in [1.54, 1.807) is 0 Å². The highest BCUT2D eigenvalue weighted by Gasteiger charge is 2.15. The SMILES string of the molecule is CCCCCCNC(=O)c1sc2cc(C)ccc2c1N. The zero-order valence-corrected chi connectivity index (χ0v) is 13.0. The number of nitrogens with two attached hydrogens (primary N) is 1. The summed E-state index contributed by atoms with van der Waals surface area (Å²) in [7, 11) is 0. The van der Waals surface area contributed by atoms with Crippen LogP contribution in [0.3, 0.4) is 0 Å². The molecule has 0 unspecified atom stereocenters. The van der Waals surface area contributed by atoms with Gasteiger partial charge in [0, 0.05) is 16.6 Å². The second-order valence-electron chi connectivity index (χ2n) is 5.16. The van der Waals surface area contributed by atoms with Crippen molar-refractivity contribution >= 4 is 33.0 Å². The van der Waals surface area contributed by atoms with Crippen LogP contribution in [-0.4, -0.2) is 12.5 Å². The summed E-state index contributed by atoms with van der Waals surface area (Å²) in [6.45, 7) is 4.95. The molecular weight excluding hydrogens is 268 g/mol. The number of benzene rings is 1. The Hall–Kier alpha value is -1.55. The van der Waals surface area contributed by atoms with Gasteiger partial charge in [-0.05, 0) is 25.0 Å². The Balaban J connectivity index is 2.04. The fraction of sp³-hybridized carbons (Fsp3) is 0.438. The lowest BCUT2D eigenvalue weighted by molar-refractivity contribution is 0.0958. The number of amides is 1. The number of nitrogen functional groups attached to an aromatic ring is 1. The molecule has 0 aliphatic rings. The van der Waals surface area contributed by atoms with Gasteiger partial charge in [0.15, 0.2) is 0 Å². The molecule has 0 saturated heterocycles. The van der Waals surface area contributed by atoms with Crippen molar-refractivity contribution in [2.75, 3.05) is 12.3 Å². The number of anilines is 1. The number of aryl methyl sites for hydroxylation is 1. The third-order valence-electron chi connectivity index (χ3n) is 3.41. The fourth-order valence-electron chi connectivity index (χ4n) is 2.23. The van der Waals surface area contributed by atoms with E-state index in [0.717, 1.165) is 29.5 Å². The maximum absolute atomic E-state index is 12.2. The molecule has 2 aromatic rings. The Morgan fingerprint density at radius 1 is 1.30 bits per heavy atom. The molecule has 4 heteroatoms. The quantitative estimate of drug-likeness (QED) is 0.787. The molecule has 1 heterocycles. The molecule has 0 spiro atoms. The normalized spacial score (nSPS) is 10.9. The van der Waals surface area contributed by atoms with Crippen LogP contribution in [0.2, 0.25) is 0 Å². The summed E-state index contributed by atoms with van der Waals surface area (Å²) in [5.74, 6) is -0.0437. The van der Waals surface area contributed by atoms with Crippen molar-refractivity contribution in [3.05, 3.63) is 28.6 Å². The van der Waals surface area contributed by atoms with Crippen LogP contribution in [0.1, 0.15) is 47.8 Å². The van der Waals surface area contributed by atoms with Crippen LogP contribution < -0.4 is 11.1 Å². The van der Waals surface area contributed by atoms with Gasteiger partial charge in [-0.2, -0.15) is 0 Å². The van der Waals surface area contributed by atoms with Crippen LogP contribution in [0.15, 0.2) is 18.2 Å². The van der Waals surface area contributed by atoms with Crippen molar-refractivity contribution in [2.24, 2.45) is 0 Å². The second-order valence-corrected chi connectivity index (χ2v) is 6.21. The summed E-state index contributed by atoms with van der Waals surface area (Å²) >= 11 is 1.48. The van der Waals surface area contributed by atoms with Crippen LogP contribution in [0, 0.1) is 6.92 Å². The van der Waals surface area contributed by atoms with Crippen LogP contribution >= 0.6 is 11.3 Å². The molecule has 0 fully saturated rings. The summed E-state index contributed by atoms with van der Waals surface area (Å²) in [4.78, 5) is 12.8. The summed E-state index contributed by atoms with van der Waals surface area (Å²) in [5, 5.41) is 3.95. The van der Waals surface area contributed by atoms with E-state index in [9.17, 15) is 4.79 Å². The first-order valence-electron chi connectivity index (χ1n) is 7.20. The van der Waals surface area contributed by atoms with Crippen LogP contribution in [0.4, 0.5) is 5.69 Å². The number of hydrogen-bond donors (Lipinski definition) is 2. The Kier molecular flexibility index (Phi) is 5.01. The van der Waals surface area contributed by atoms with Gasteiger partial charge in [-0.25, -0.2) is 0 Å². The maximum atomic E-state index is 12.2. The number of carbonyl (C=O) groups is 1. The fourth-order valence-corrected chi connectivity index (χ4v) is 3.36. The highest BCUT2D eigenvalue weighted by atomic mass is 32.1. The van der Waals surface area contributed by atoms with Gasteiger partial charge in [0.05, 0.1) is 5.69 Å². The molecule has 0 radical (unpaired) electrons. The summed E-state index contributed by atoms with van der Waals surface area (Å²) < 4.78 is 1.08. The average Bonchev–Trinajstić information content (AvgIpc) is 2.75. The molecule has 1 amide bonds. The Morgan fingerprint density at radius 2 is 2.10 bits per heavy atom. The van der Waals surface area contributed by atoms with Crippen LogP contribution in [0.25, 0.3) is 10.1 Å². The van der Waals surface area contributed by atoms with E-state index in [4.69, 9.17) is 5.73 Å². The number of fused-ring (bicyclic) bond motifs is 1. The van der Waals surface area contributed by atoms with Crippen molar-refractivity contribution in [3.8, 4) is 0 Å². The van der Waals surface area contributed by atoms with E-state index < -0.39 is 0 Å². The van der Waals surface area contributed by atoms with E-state index in [2.05, 4.69) is 18.3 Å². The van der Waals surface area contributed by atoms with Crippen molar-refractivity contribution < 1.29 is 4.79 Å². The van der Waals surface area contributed by atoms with Gasteiger partial charge >= 0.3 is 0 Å². The Morgan fingerprint density at radius 3 is 2.85 bits per heavy atom. The number of carbonyl (C=O) groups excluding carboxylic acids is 1. The third-order valence-corrected chi connectivity index (χ3v) is 4.57. The molecule has 3 nitrogen and oxygen atoms in total. The van der Waals surface area contributed by atoms with Crippen LogP contribution in [0.5, 0.6) is 0 Å². The first-order valence-corrected chi connectivity index (χ1v) is 8.02. The molecule has 1 aromatic heterocycles. The number of rotatable bonds is 6. The summed E-state index contributed by atoms with van der Waals surface area (Å²) in [5.41, 5.74) is 7.88. The molecule has 108 valence electrons. The lowest BCUT2D eigenvalue weighted by atomic mass is 10.1. The highest BCUT2D eigenvalue weighted by molar-refractivity contribution is 7.21. The van der Waals surface area contributed by atoms with Gasteiger partial charge in [-0.15, -0.1) is 11.3 Å². The third kappa shape index (κ3) is 3.31. The molecule has 0 bridgehead atoms. The van der Waals surface area contributed by atoms with Crippen molar-refractivity contribution in [1.29, 1.82) is 0 Å². The van der Waals surface area contributed by atoms with Gasteiger partial charge in [0.25, 0.3) is 5.91 Å². The van der Waals surface area contributed by atoms with E-state index in [1.165, 1.54) is 29.7 Å². The van der Waals surface area contributed by atoms with Gasteiger partial charge in [0.1, 0.15) is 4.88 Å².